The van der Waals surface area contributed by atoms with Gasteiger partial charge in [-0.2, -0.15) is 0 Å². The maximum Gasteiger partial charge on any atom is 0.254 e. The van der Waals surface area contributed by atoms with E-state index < -0.39 is 0 Å². The zero-order valence-corrected chi connectivity index (χ0v) is 16.3. The standard InChI is InChI=1S/C23H33NO3/c25-20-11-10-19-15-24(23(27)21(19)13-20)14-17-6-8-18(9-7-17)22(26)12-16-4-2-1-3-5-16/h10-11,13,16-18,22,25-26H,1-9,12,14-15H2/t17-,18-,22?. The molecule has 1 unspecified atom stereocenters. The first-order valence-electron chi connectivity index (χ1n) is 10.9. The van der Waals surface area contributed by atoms with E-state index in [2.05, 4.69) is 0 Å². The molecule has 4 nitrogen and oxygen atoms in total. The number of rotatable bonds is 5. The highest BCUT2D eigenvalue weighted by Gasteiger charge is 2.33. The van der Waals surface area contributed by atoms with E-state index >= 15 is 0 Å². The zero-order chi connectivity index (χ0) is 18.8. The summed E-state index contributed by atoms with van der Waals surface area (Å²) >= 11 is 0. The Labute approximate surface area is 162 Å². The SMILES string of the molecule is O=C1c2cc(O)ccc2CN1C[C@H]1CC[C@H](C(O)CC2CCCCC2)CC1. The molecule has 1 amide bonds. The molecule has 0 spiro atoms. The van der Waals surface area contributed by atoms with E-state index in [4.69, 9.17) is 0 Å². The van der Waals surface area contributed by atoms with Crippen molar-refractivity contribution in [3.8, 4) is 5.75 Å². The normalized spacial score (nSPS) is 27.6. The van der Waals surface area contributed by atoms with E-state index in [-0.39, 0.29) is 17.8 Å². The Morgan fingerprint density at radius 3 is 2.48 bits per heavy atom. The van der Waals surface area contributed by atoms with Crippen molar-refractivity contribution in [2.45, 2.75) is 76.9 Å². The molecule has 1 atom stereocenters. The summed E-state index contributed by atoms with van der Waals surface area (Å²) in [6.07, 6.45) is 11.9. The van der Waals surface area contributed by atoms with Crippen LogP contribution in [0.4, 0.5) is 0 Å². The Balaban J connectivity index is 1.24. The fourth-order valence-corrected chi connectivity index (χ4v) is 5.52. The van der Waals surface area contributed by atoms with Crippen molar-refractivity contribution in [1.29, 1.82) is 0 Å². The molecule has 3 aliphatic rings. The molecule has 1 aromatic carbocycles. The molecule has 148 valence electrons. The minimum atomic E-state index is -0.130. The van der Waals surface area contributed by atoms with E-state index in [1.165, 1.54) is 32.1 Å². The van der Waals surface area contributed by atoms with Crippen LogP contribution in [0, 0.1) is 17.8 Å². The molecular formula is C23H33NO3. The lowest BCUT2D eigenvalue weighted by Crippen LogP contribution is -2.34. The highest BCUT2D eigenvalue weighted by molar-refractivity contribution is 5.98. The second-order valence-electron chi connectivity index (χ2n) is 9.12. The number of aromatic hydroxyl groups is 1. The molecule has 2 fully saturated rings. The van der Waals surface area contributed by atoms with Gasteiger partial charge in [-0.05, 0) is 67.6 Å². The molecule has 0 saturated heterocycles. The van der Waals surface area contributed by atoms with Crippen molar-refractivity contribution in [2.75, 3.05) is 6.54 Å². The first-order chi connectivity index (χ1) is 13.1. The van der Waals surface area contributed by atoms with E-state index in [9.17, 15) is 15.0 Å². The minimum absolute atomic E-state index is 0.0559. The Kier molecular flexibility index (Phi) is 5.72. The average molecular weight is 372 g/mol. The van der Waals surface area contributed by atoms with Crippen molar-refractivity contribution >= 4 is 5.91 Å². The van der Waals surface area contributed by atoms with Crippen LogP contribution in [0.2, 0.25) is 0 Å². The smallest absolute Gasteiger partial charge is 0.254 e. The summed E-state index contributed by atoms with van der Waals surface area (Å²) in [7, 11) is 0. The Morgan fingerprint density at radius 2 is 1.74 bits per heavy atom. The summed E-state index contributed by atoms with van der Waals surface area (Å²) in [6, 6.07) is 5.12. The van der Waals surface area contributed by atoms with E-state index in [0.717, 1.165) is 50.1 Å². The van der Waals surface area contributed by atoms with Gasteiger partial charge in [-0.3, -0.25) is 4.79 Å². The molecule has 2 aliphatic carbocycles. The third-order valence-corrected chi connectivity index (χ3v) is 7.19. The molecule has 2 N–H and O–H groups in total. The van der Waals surface area contributed by atoms with E-state index in [0.29, 0.717) is 23.9 Å². The summed E-state index contributed by atoms with van der Waals surface area (Å²) in [5, 5.41) is 20.3. The first kappa shape index (κ1) is 18.8. The first-order valence-corrected chi connectivity index (χ1v) is 10.9. The summed E-state index contributed by atoms with van der Waals surface area (Å²) < 4.78 is 0. The number of hydrogen-bond donors (Lipinski definition) is 2. The van der Waals surface area contributed by atoms with Gasteiger partial charge in [0.15, 0.2) is 0 Å². The second-order valence-corrected chi connectivity index (χ2v) is 9.12. The monoisotopic (exact) mass is 371 g/mol. The molecule has 1 aliphatic heterocycles. The molecule has 0 bridgehead atoms. The van der Waals surface area contributed by atoms with Crippen LogP contribution in [0.3, 0.4) is 0 Å². The van der Waals surface area contributed by atoms with Crippen LogP contribution in [-0.4, -0.2) is 33.7 Å². The molecule has 4 heteroatoms. The Bertz CT molecular complexity index is 660. The average Bonchev–Trinajstić information content (AvgIpc) is 2.98. The lowest BCUT2D eigenvalue weighted by Gasteiger charge is -2.35. The number of amides is 1. The van der Waals surface area contributed by atoms with Crippen LogP contribution in [0.5, 0.6) is 5.75 Å². The van der Waals surface area contributed by atoms with Gasteiger partial charge in [-0.15, -0.1) is 0 Å². The lowest BCUT2D eigenvalue weighted by molar-refractivity contribution is 0.0419. The van der Waals surface area contributed by atoms with Crippen molar-refractivity contribution < 1.29 is 15.0 Å². The van der Waals surface area contributed by atoms with Gasteiger partial charge in [0, 0.05) is 18.7 Å². The number of aliphatic hydroxyl groups excluding tert-OH is 1. The van der Waals surface area contributed by atoms with Crippen molar-refractivity contribution in [3.63, 3.8) is 0 Å². The fourth-order valence-electron chi connectivity index (χ4n) is 5.52. The Morgan fingerprint density at radius 1 is 1.00 bits per heavy atom. The number of hydrogen-bond acceptors (Lipinski definition) is 3. The van der Waals surface area contributed by atoms with Gasteiger partial charge < -0.3 is 15.1 Å². The molecule has 4 rings (SSSR count). The maximum atomic E-state index is 12.6. The fraction of sp³-hybridized carbons (Fsp3) is 0.696. The topological polar surface area (TPSA) is 60.8 Å². The third-order valence-electron chi connectivity index (χ3n) is 7.19. The number of phenolic OH excluding ortho intramolecular Hbond substituents is 1. The number of carbonyl (C=O) groups is 1. The van der Waals surface area contributed by atoms with Crippen LogP contribution < -0.4 is 0 Å². The van der Waals surface area contributed by atoms with Gasteiger partial charge in [0.25, 0.3) is 5.91 Å². The number of fused-ring (bicyclic) bond motifs is 1. The Hall–Kier alpha value is -1.55. The summed E-state index contributed by atoms with van der Waals surface area (Å²) in [6.45, 7) is 1.47. The molecular weight excluding hydrogens is 338 g/mol. The number of nitrogens with zero attached hydrogens (tertiary/aromatic N) is 1. The van der Waals surface area contributed by atoms with Crippen molar-refractivity contribution in [2.24, 2.45) is 17.8 Å². The predicted octanol–water partition coefficient (Wildman–Crippen LogP) is 4.49. The summed E-state index contributed by atoms with van der Waals surface area (Å²) in [5.74, 6) is 1.95. The number of phenols is 1. The van der Waals surface area contributed by atoms with E-state index in [1.54, 1.807) is 12.1 Å². The third kappa shape index (κ3) is 4.31. The van der Waals surface area contributed by atoms with Crippen LogP contribution in [0.25, 0.3) is 0 Å². The van der Waals surface area contributed by atoms with Crippen LogP contribution in [-0.2, 0) is 6.54 Å². The summed E-state index contributed by atoms with van der Waals surface area (Å²) in [4.78, 5) is 14.5. The molecule has 1 heterocycles. The second kappa shape index (κ2) is 8.22. The largest absolute Gasteiger partial charge is 0.508 e. The van der Waals surface area contributed by atoms with Gasteiger partial charge in [-0.25, -0.2) is 0 Å². The van der Waals surface area contributed by atoms with Gasteiger partial charge in [0.05, 0.1) is 6.10 Å². The predicted molar refractivity (Wildman–Crippen MR) is 105 cm³/mol. The highest BCUT2D eigenvalue weighted by atomic mass is 16.3. The van der Waals surface area contributed by atoms with Crippen LogP contribution >= 0.6 is 0 Å². The highest BCUT2D eigenvalue weighted by Crippen LogP contribution is 2.37. The van der Waals surface area contributed by atoms with Crippen LogP contribution in [0.15, 0.2) is 18.2 Å². The van der Waals surface area contributed by atoms with Gasteiger partial charge in [0.2, 0.25) is 0 Å². The molecule has 27 heavy (non-hydrogen) atoms. The summed E-state index contributed by atoms with van der Waals surface area (Å²) in [5.41, 5.74) is 1.68. The molecule has 0 radical (unpaired) electrons. The number of benzene rings is 1. The quantitative estimate of drug-likeness (QED) is 0.802. The lowest BCUT2D eigenvalue weighted by atomic mass is 9.75. The van der Waals surface area contributed by atoms with Crippen LogP contribution in [0.1, 0.15) is 80.1 Å². The van der Waals surface area contributed by atoms with Gasteiger partial charge in [-0.1, -0.05) is 38.2 Å². The minimum Gasteiger partial charge on any atom is -0.508 e. The molecule has 0 aromatic heterocycles. The molecule has 1 aromatic rings. The zero-order valence-electron chi connectivity index (χ0n) is 16.3. The van der Waals surface area contributed by atoms with Gasteiger partial charge in [0.1, 0.15) is 5.75 Å². The van der Waals surface area contributed by atoms with Crippen molar-refractivity contribution in [1.82, 2.24) is 4.90 Å². The van der Waals surface area contributed by atoms with Gasteiger partial charge >= 0.3 is 0 Å². The maximum absolute atomic E-state index is 12.6. The van der Waals surface area contributed by atoms with Crippen molar-refractivity contribution in [3.05, 3.63) is 29.3 Å². The molecule has 2 saturated carbocycles. The number of carbonyl (C=O) groups excluding carboxylic acids is 1. The number of aliphatic hydroxyl groups is 1. The van der Waals surface area contributed by atoms with E-state index in [1.807, 2.05) is 11.0 Å².